The molecule has 2 aromatic heterocycles. The molecule has 4 heterocycles. The maximum absolute atomic E-state index is 5.12. The van der Waals surface area contributed by atoms with E-state index in [-0.39, 0.29) is 12.1 Å². The third-order valence-corrected chi connectivity index (χ3v) is 6.63. The van der Waals surface area contributed by atoms with Crippen LogP contribution in [-0.2, 0) is 0 Å². The smallest absolute Gasteiger partial charge is 0.160 e. The first kappa shape index (κ1) is 16.9. The Hall–Kier alpha value is -2.27. The molecule has 0 saturated carbocycles. The highest BCUT2D eigenvalue weighted by Gasteiger charge is 2.44. The SMILES string of the molecule is CC(C)n1cc([C@H]2[C@H](c3ccccn3)N=C3S[C@H](C)CN32)c2ccccc21. The summed E-state index contributed by atoms with van der Waals surface area (Å²) in [5.41, 5.74) is 3.72. The van der Waals surface area contributed by atoms with Gasteiger partial charge in [-0.2, -0.15) is 0 Å². The number of aliphatic imine (C=N–C) groups is 1. The molecule has 1 aromatic carbocycles. The Morgan fingerprint density at radius 3 is 2.70 bits per heavy atom. The second-order valence-electron chi connectivity index (χ2n) is 7.74. The van der Waals surface area contributed by atoms with E-state index in [2.05, 4.69) is 77.8 Å². The quantitative estimate of drug-likeness (QED) is 0.629. The Balaban J connectivity index is 1.69. The number of hydrogen-bond donors (Lipinski definition) is 0. The molecule has 4 nitrogen and oxygen atoms in total. The van der Waals surface area contributed by atoms with E-state index < -0.39 is 0 Å². The van der Waals surface area contributed by atoms with Crippen molar-refractivity contribution in [2.45, 2.75) is 44.1 Å². The minimum atomic E-state index is 0.0487. The highest BCUT2D eigenvalue weighted by Crippen LogP contribution is 2.49. The van der Waals surface area contributed by atoms with E-state index >= 15 is 0 Å². The van der Waals surface area contributed by atoms with Gasteiger partial charge in [-0.25, -0.2) is 0 Å². The lowest BCUT2D eigenvalue weighted by atomic mass is 9.96. The molecule has 1 saturated heterocycles. The Labute approximate surface area is 164 Å². The van der Waals surface area contributed by atoms with E-state index in [0.717, 1.165) is 12.2 Å². The van der Waals surface area contributed by atoms with Crippen molar-refractivity contribution in [3.63, 3.8) is 0 Å². The van der Waals surface area contributed by atoms with Crippen LogP contribution in [0.1, 0.15) is 50.2 Å². The molecule has 27 heavy (non-hydrogen) atoms. The topological polar surface area (TPSA) is 33.4 Å². The summed E-state index contributed by atoms with van der Waals surface area (Å²) in [6, 6.07) is 15.6. The minimum Gasteiger partial charge on any atom is -0.345 e. The summed E-state index contributed by atoms with van der Waals surface area (Å²) < 4.78 is 2.39. The van der Waals surface area contributed by atoms with E-state index in [9.17, 15) is 0 Å². The fourth-order valence-electron chi connectivity index (χ4n) is 4.35. The van der Waals surface area contributed by atoms with Gasteiger partial charge < -0.3 is 9.47 Å². The lowest BCUT2D eigenvalue weighted by molar-refractivity contribution is 0.322. The van der Waals surface area contributed by atoms with Crippen LogP contribution in [0.2, 0.25) is 0 Å². The zero-order valence-electron chi connectivity index (χ0n) is 15.9. The van der Waals surface area contributed by atoms with Crippen molar-refractivity contribution in [3.8, 4) is 0 Å². The number of aromatic nitrogens is 2. The summed E-state index contributed by atoms with van der Waals surface area (Å²) in [5.74, 6) is 0. The molecule has 0 spiro atoms. The molecule has 0 N–H and O–H groups in total. The molecule has 0 aliphatic carbocycles. The van der Waals surface area contributed by atoms with Crippen LogP contribution in [0.4, 0.5) is 0 Å². The van der Waals surface area contributed by atoms with Crippen molar-refractivity contribution in [2.75, 3.05) is 6.54 Å². The lowest BCUT2D eigenvalue weighted by Gasteiger charge is -2.27. The molecular weight excluding hydrogens is 352 g/mol. The lowest BCUT2D eigenvalue weighted by Crippen LogP contribution is -2.28. The van der Waals surface area contributed by atoms with Gasteiger partial charge in [-0.3, -0.25) is 9.98 Å². The largest absolute Gasteiger partial charge is 0.345 e. The Morgan fingerprint density at radius 2 is 1.93 bits per heavy atom. The molecule has 0 amide bonds. The molecule has 0 radical (unpaired) electrons. The molecule has 3 atom stereocenters. The van der Waals surface area contributed by atoms with Crippen LogP contribution in [0.25, 0.3) is 10.9 Å². The minimum absolute atomic E-state index is 0.0487. The standard InChI is InChI=1S/C22H24N4S/c1-14(2)25-13-17(16-8-4-5-10-19(16)25)21-20(18-9-6-7-11-23-18)24-22-26(21)12-15(3)27-22/h4-11,13-15,20-21H,12H2,1-3H3/t15-,20+,21+/m1/s1. The highest BCUT2D eigenvalue weighted by atomic mass is 32.2. The summed E-state index contributed by atoms with van der Waals surface area (Å²) in [6.45, 7) is 7.82. The van der Waals surface area contributed by atoms with Gasteiger partial charge in [-0.15, -0.1) is 0 Å². The van der Waals surface area contributed by atoms with Crippen LogP contribution >= 0.6 is 11.8 Å². The van der Waals surface area contributed by atoms with Crippen LogP contribution in [0.5, 0.6) is 0 Å². The molecule has 0 bridgehead atoms. The first-order valence-electron chi connectivity index (χ1n) is 9.65. The van der Waals surface area contributed by atoms with Crippen molar-refractivity contribution < 1.29 is 0 Å². The number of pyridine rings is 1. The summed E-state index contributed by atoms with van der Waals surface area (Å²) >= 11 is 1.89. The summed E-state index contributed by atoms with van der Waals surface area (Å²) in [6.07, 6.45) is 4.23. The zero-order valence-corrected chi connectivity index (χ0v) is 16.7. The monoisotopic (exact) mass is 376 g/mol. The number of fused-ring (bicyclic) bond motifs is 2. The van der Waals surface area contributed by atoms with Crippen molar-refractivity contribution in [1.29, 1.82) is 0 Å². The van der Waals surface area contributed by atoms with E-state index in [4.69, 9.17) is 4.99 Å². The number of thioether (sulfide) groups is 1. The number of nitrogens with zero attached hydrogens (tertiary/aromatic N) is 4. The number of rotatable bonds is 3. The van der Waals surface area contributed by atoms with Gasteiger partial charge in [-0.1, -0.05) is 43.0 Å². The van der Waals surface area contributed by atoms with Crippen LogP contribution < -0.4 is 0 Å². The predicted octanol–water partition coefficient (Wildman–Crippen LogP) is 5.21. The number of benzene rings is 1. The van der Waals surface area contributed by atoms with Crippen LogP contribution in [-0.4, -0.2) is 31.4 Å². The third kappa shape index (κ3) is 2.67. The maximum atomic E-state index is 5.12. The molecule has 5 rings (SSSR count). The fraction of sp³-hybridized carbons (Fsp3) is 0.364. The van der Waals surface area contributed by atoms with Gasteiger partial charge in [0.25, 0.3) is 0 Å². The first-order chi connectivity index (χ1) is 13.1. The summed E-state index contributed by atoms with van der Waals surface area (Å²) in [4.78, 5) is 12.3. The van der Waals surface area contributed by atoms with Gasteiger partial charge >= 0.3 is 0 Å². The van der Waals surface area contributed by atoms with E-state index in [1.807, 2.05) is 24.0 Å². The van der Waals surface area contributed by atoms with Gasteiger partial charge in [0.15, 0.2) is 5.17 Å². The van der Waals surface area contributed by atoms with Crippen LogP contribution in [0, 0.1) is 0 Å². The number of amidine groups is 1. The molecule has 1 fully saturated rings. The highest BCUT2D eigenvalue weighted by molar-refractivity contribution is 8.14. The van der Waals surface area contributed by atoms with Crippen LogP contribution in [0.15, 0.2) is 59.9 Å². The molecule has 5 heteroatoms. The van der Waals surface area contributed by atoms with Crippen LogP contribution in [0.3, 0.4) is 0 Å². The second kappa shape index (κ2) is 6.41. The van der Waals surface area contributed by atoms with Gasteiger partial charge in [0, 0.05) is 46.7 Å². The van der Waals surface area contributed by atoms with Crippen molar-refractivity contribution in [1.82, 2.24) is 14.5 Å². The Kier molecular flexibility index (Phi) is 4.01. The maximum Gasteiger partial charge on any atom is 0.160 e. The predicted molar refractivity (Wildman–Crippen MR) is 113 cm³/mol. The zero-order chi connectivity index (χ0) is 18.5. The summed E-state index contributed by atoms with van der Waals surface area (Å²) in [7, 11) is 0. The van der Waals surface area contributed by atoms with E-state index in [1.54, 1.807) is 0 Å². The fourth-order valence-corrected chi connectivity index (χ4v) is 5.44. The average Bonchev–Trinajstić information content (AvgIpc) is 3.32. The Bertz CT molecular complexity index is 1010. The second-order valence-corrected chi connectivity index (χ2v) is 9.14. The van der Waals surface area contributed by atoms with E-state index in [1.165, 1.54) is 21.6 Å². The third-order valence-electron chi connectivity index (χ3n) is 5.53. The van der Waals surface area contributed by atoms with Gasteiger partial charge in [-0.05, 0) is 32.0 Å². The van der Waals surface area contributed by atoms with Gasteiger partial charge in [0.05, 0.1) is 11.7 Å². The molecule has 3 aromatic rings. The van der Waals surface area contributed by atoms with Crippen molar-refractivity contribution in [3.05, 3.63) is 66.1 Å². The Morgan fingerprint density at radius 1 is 1.11 bits per heavy atom. The molecule has 2 aliphatic heterocycles. The van der Waals surface area contributed by atoms with Crippen molar-refractivity contribution in [2.24, 2.45) is 4.99 Å². The summed E-state index contributed by atoms with van der Waals surface area (Å²) in [5, 5.41) is 3.08. The van der Waals surface area contributed by atoms with Gasteiger partial charge in [0.1, 0.15) is 6.04 Å². The normalized spacial score (nSPS) is 24.7. The number of para-hydroxylation sites is 1. The number of hydrogen-bond acceptors (Lipinski definition) is 4. The molecule has 2 aliphatic rings. The first-order valence-corrected chi connectivity index (χ1v) is 10.5. The molecule has 0 unspecified atom stereocenters. The van der Waals surface area contributed by atoms with E-state index in [0.29, 0.717) is 11.3 Å². The molecule has 138 valence electrons. The molecular formula is C22H24N4S. The average molecular weight is 377 g/mol. The van der Waals surface area contributed by atoms with Gasteiger partial charge in [0.2, 0.25) is 0 Å². The van der Waals surface area contributed by atoms with Crippen molar-refractivity contribution >= 4 is 27.8 Å².